The smallest absolute Gasteiger partial charge is 0.262 e. The van der Waals surface area contributed by atoms with Crippen LogP contribution in [0.2, 0.25) is 0 Å². The first-order chi connectivity index (χ1) is 10.0. The fourth-order valence-electron chi connectivity index (χ4n) is 2.24. The zero-order valence-corrected chi connectivity index (χ0v) is 12.2. The summed E-state index contributed by atoms with van der Waals surface area (Å²) >= 11 is 0. The molecule has 0 aromatic heterocycles. The van der Waals surface area contributed by atoms with Crippen molar-refractivity contribution in [3.05, 3.63) is 34.9 Å². The number of rotatable bonds is 6. The van der Waals surface area contributed by atoms with E-state index in [1.807, 2.05) is 14.0 Å². The van der Waals surface area contributed by atoms with Gasteiger partial charge in [-0.15, -0.1) is 0 Å². The molecule has 0 spiro atoms. The van der Waals surface area contributed by atoms with Gasteiger partial charge in [-0.1, -0.05) is 11.6 Å². The van der Waals surface area contributed by atoms with E-state index in [4.69, 9.17) is 0 Å². The van der Waals surface area contributed by atoms with Gasteiger partial charge in [0.05, 0.1) is 11.1 Å². The lowest BCUT2D eigenvalue weighted by Crippen LogP contribution is -2.40. The van der Waals surface area contributed by atoms with Crippen LogP contribution in [0.5, 0.6) is 0 Å². The molecule has 2 N–H and O–H groups in total. The number of benzene rings is 1. The Morgan fingerprint density at radius 1 is 1.14 bits per heavy atom. The van der Waals surface area contributed by atoms with E-state index in [9.17, 15) is 14.4 Å². The summed E-state index contributed by atoms with van der Waals surface area (Å²) in [4.78, 5) is 37.1. The standard InChI is InChI=1S/C15H19N3O3/c1-10-4-5-11-12(8-10)15(21)18(14(11)20)9-13(19)17-7-3-6-16-2/h4-5,8,16H,3,6-7,9H2,1-2H3,(H,17,19). The average Bonchev–Trinajstić information content (AvgIpc) is 2.68. The molecule has 0 bridgehead atoms. The lowest BCUT2D eigenvalue weighted by atomic mass is 10.1. The molecular weight excluding hydrogens is 270 g/mol. The molecule has 1 aliphatic rings. The van der Waals surface area contributed by atoms with Gasteiger partial charge in [0.15, 0.2) is 0 Å². The number of nitrogens with one attached hydrogen (secondary N) is 2. The monoisotopic (exact) mass is 289 g/mol. The Kier molecular flexibility index (Phi) is 4.70. The molecular formula is C15H19N3O3. The fraction of sp³-hybridized carbons (Fsp3) is 0.400. The van der Waals surface area contributed by atoms with Crippen LogP contribution in [-0.4, -0.2) is 49.3 Å². The van der Waals surface area contributed by atoms with Crippen molar-refractivity contribution < 1.29 is 14.4 Å². The second-order valence-corrected chi connectivity index (χ2v) is 5.05. The van der Waals surface area contributed by atoms with E-state index in [1.54, 1.807) is 18.2 Å². The van der Waals surface area contributed by atoms with Crippen molar-refractivity contribution in [2.24, 2.45) is 0 Å². The van der Waals surface area contributed by atoms with Gasteiger partial charge in [-0.2, -0.15) is 0 Å². The molecule has 0 aliphatic carbocycles. The van der Waals surface area contributed by atoms with E-state index >= 15 is 0 Å². The second-order valence-electron chi connectivity index (χ2n) is 5.05. The molecule has 0 fully saturated rings. The van der Waals surface area contributed by atoms with Crippen molar-refractivity contribution in [1.82, 2.24) is 15.5 Å². The number of amides is 3. The predicted octanol–water partition coefficient (Wildman–Crippen LogP) is 0.317. The molecule has 21 heavy (non-hydrogen) atoms. The van der Waals surface area contributed by atoms with Crippen molar-refractivity contribution in [3.63, 3.8) is 0 Å². The highest BCUT2D eigenvalue weighted by molar-refractivity contribution is 6.22. The minimum absolute atomic E-state index is 0.231. The van der Waals surface area contributed by atoms with Gasteiger partial charge in [-0.25, -0.2) is 0 Å². The molecule has 0 atom stereocenters. The van der Waals surface area contributed by atoms with Gasteiger partial charge in [-0.3, -0.25) is 19.3 Å². The zero-order chi connectivity index (χ0) is 15.4. The van der Waals surface area contributed by atoms with Crippen LogP contribution < -0.4 is 10.6 Å². The summed E-state index contributed by atoms with van der Waals surface area (Å²) in [6, 6.07) is 5.10. The summed E-state index contributed by atoms with van der Waals surface area (Å²) in [5, 5.41) is 5.67. The summed E-state index contributed by atoms with van der Waals surface area (Å²) in [5.74, 6) is -1.12. The van der Waals surface area contributed by atoms with Crippen molar-refractivity contribution in [2.75, 3.05) is 26.7 Å². The molecule has 0 saturated carbocycles. The maximum atomic E-state index is 12.2. The number of imide groups is 1. The Labute approximate surface area is 123 Å². The number of carbonyl (C=O) groups excluding carboxylic acids is 3. The molecule has 3 amide bonds. The maximum Gasteiger partial charge on any atom is 0.262 e. The largest absolute Gasteiger partial charge is 0.354 e. The van der Waals surface area contributed by atoms with E-state index in [0.29, 0.717) is 17.7 Å². The van der Waals surface area contributed by atoms with Crippen molar-refractivity contribution in [3.8, 4) is 0 Å². The number of hydrogen-bond acceptors (Lipinski definition) is 4. The number of nitrogens with zero attached hydrogens (tertiary/aromatic N) is 1. The van der Waals surface area contributed by atoms with Crippen LogP contribution >= 0.6 is 0 Å². The van der Waals surface area contributed by atoms with Crippen LogP contribution in [-0.2, 0) is 4.79 Å². The molecule has 2 rings (SSSR count). The summed E-state index contributed by atoms with van der Waals surface area (Å²) in [6.45, 7) is 2.94. The molecule has 6 heteroatoms. The molecule has 0 radical (unpaired) electrons. The Morgan fingerprint density at radius 3 is 2.57 bits per heavy atom. The zero-order valence-electron chi connectivity index (χ0n) is 12.2. The van der Waals surface area contributed by atoms with E-state index in [0.717, 1.165) is 23.4 Å². The van der Waals surface area contributed by atoms with Gasteiger partial charge in [-0.05, 0) is 39.1 Å². The van der Waals surface area contributed by atoms with Gasteiger partial charge in [0.2, 0.25) is 5.91 Å². The van der Waals surface area contributed by atoms with Gasteiger partial charge in [0, 0.05) is 6.54 Å². The van der Waals surface area contributed by atoms with E-state index in [-0.39, 0.29) is 12.5 Å². The molecule has 1 aromatic carbocycles. The first-order valence-corrected chi connectivity index (χ1v) is 6.92. The predicted molar refractivity (Wildman–Crippen MR) is 78.1 cm³/mol. The molecule has 1 aliphatic heterocycles. The molecule has 1 heterocycles. The number of carbonyl (C=O) groups is 3. The Balaban J connectivity index is 1.98. The van der Waals surface area contributed by atoms with Gasteiger partial charge < -0.3 is 10.6 Å². The van der Waals surface area contributed by atoms with Crippen molar-refractivity contribution >= 4 is 17.7 Å². The van der Waals surface area contributed by atoms with E-state index in [2.05, 4.69) is 10.6 Å². The second kappa shape index (κ2) is 6.49. The first-order valence-electron chi connectivity index (χ1n) is 6.92. The SMILES string of the molecule is CNCCCNC(=O)CN1C(=O)c2ccc(C)cc2C1=O. The summed E-state index contributed by atoms with van der Waals surface area (Å²) in [6.07, 6.45) is 0.795. The highest BCUT2D eigenvalue weighted by atomic mass is 16.2. The topological polar surface area (TPSA) is 78.5 Å². The van der Waals surface area contributed by atoms with Crippen LogP contribution in [0.4, 0.5) is 0 Å². The van der Waals surface area contributed by atoms with Gasteiger partial charge in [0.1, 0.15) is 6.54 Å². The number of aryl methyl sites for hydroxylation is 1. The molecule has 0 saturated heterocycles. The number of hydrogen-bond donors (Lipinski definition) is 2. The fourth-order valence-corrected chi connectivity index (χ4v) is 2.24. The summed E-state index contributed by atoms with van der Waals surface area (Å²) in [7, 11) is 1.84. The molecule has 0 unspecified atom stereocenters. The van der Waals surface area contributed by atoms with Crippen LogP contribution in [0.1, 0.15) is 32.7 Å². The Morgan fingerprint density at radius 2 is 1.86 bits per heavy atom. The Hall–Kier alpha value is -2.21. The van der Waals surface area contributed by atoms with Crippen LogP contribution in [0.25, 0.3) is 0 Å². The van der Waals surface area contributed by atoms with Crippen LogP contribution in [0, 0.1) is 6.92 Å². The molecule has 6 nitrogen and oxygen atoms in total. The summed E-state index contributed by atoms with van der Waals surface area (Å²) < 4.78 is 0. The third kappa shape index (κ3) is 3.28. The highest BCUT2D eigenvalue weighted by Gasteiger charge is 2.36. The average molecular weight is 289 g/mol. The lowest BCUT2D eigenvalue weighted by Gasteiger charge is -2.13. The van der Waals surface area contributed by atoms with Crippen LogP contribution in [0.3, 0.4) is 0 Å². The molecule has 1 aromatic rings. The van der Waals surface area contributed by atoms with Crippen molar-refractivity contribution in [2.45, 2.75) is 13.3 Å². The summed E-state index contributed by atoms with van der Waals surface area (Å²) in [5.41, 5.74) is 1.66. The maximum absolute atomic E-state index is 12.2. The number of fused-ring (bicyclic) bond motifs is 1. The normalized spacial score (nSPS) is 13.5. The van der Waals surface area contributed by atoms with Gasteiger partial charge in [0.25, 0.3) is 11.8 Å². The third-order valence-corrected chi connectivity index (χ3v) is 3.35. The van der Waals surface area contributed by atoms with Crippen LogP contribution in [0.15, 0.2) is 18.2 Å². The quantitative estimate of drug-likeness (QED) is 0.584. The van der Waals surface area contributed by atoms with E-state index < -0.39 is 11.8 Å². The third-order valence-electron chi connectivity index (χ3n) is 3.35. The lowest BCUT2D eigenvalue weighted by molar-refractivity contribution is -0.121. The molecule has 112 valence electrons. The van der Waals surface area contributed by atoms with E-state index in [1.165, 1.54) is 0 Å². The highest BCUT2D eigenvalue weighted by Crippen LogP contribution is 2.23. The van der Waals surface area contributed by atoms with Gasteiger partial charge >= 0.3 is 0 Å². The van der Waals surface area contributed by atoms with Crippen molar-refractivity contribution in [1.29, 1.82) is 0 Å². The Bertz CT molecular complexity index is 584. The first kappa shape index (κ1) is 15.2. The minimum Gasteiger partial charge on any atom is -0.354 e. The minimum atomic E-state index is -0.402.